The monoisotopic (exact) mass is 592 g/mol. The van der Waals surface area contributed by atoms with Gasteiger partial charge < -0.3 is 20.1 Å². The van der Waals surface area contributed by atoms with Crippen LogP contribution in [0.4, 0.5) is 0 Å². The number of rotatable bonds is 8. The Morgan fingerprint density at radius 3 is 2.18 bits per heavy atom. The van der Waals surface area contributed by atoms with Crippen molar-refractivity contribution in [2.24, 2.45) is 5.73 Å². The minimum atomic E-state index is -0.911. The molecular weight excluding hydrogens is 556 g/mol. The third-order valence-electron chi connectivity index (χ3n) is 8.59. The van der Waals surface area contributed by atoms with Gasteiger partial charge in [-0.1, -0.05) is 78.9 Å². The fourth-order valence-corrected chi connectivity index (χ4v) is 6.41. The third-order valence-corrected chi connectivity index (χ3v) is 8.59. The van der Waals surface area contributed by atoms with Crippen molar-refractivity contribution in [3.05, 3.63) is 129 Å². The van der Waals surface area contributed by atoms with Crippen LogP contribution in [0.15, 0.2) is 89.9 Å². The lowest BCUT2D eigenvalue weighted by Gasteiger charge is -2.41. The molecule has 2 aliphatic rings. The first kappa shape index (κ1) is 29.3. The molecule has 0 saturated heterocycles. The molecule has 3 aromatic carbocycles. The van der Waals surface area contributed by atoms with E-state index in [0.29, 0.717) is 13.0 Å². The number of ether oxygens (including phenoxy) is 2. The Balaban J connectivity index is 1.35. The number of aromatic nitrogens is 2. The molecule has 1 amide bonds. The van der Waals surface area contributed by atoms with Crippen LogP contribution in [0, 0.1) is 0 Å². The predicted octanol–water partition coefficient (Wildman–Crippen LogP) is 4.03. The van der Waals surface area contributed by atoms with E-state index in [9.17, 15) is 14.4 Å². The van der Waals surface area contributed by atoms with Crippen molar-refractivity contribution in [2.75, 3.05) is 13.3 Å². The molecule has 226 valence electrons. The topological polar surface area (TPSA) is 117 Å². The Hall–Kier alpha value is -4.76. The Bertz CT molecular complexity index is 1690. The van der Waals surface area contributed by atoms with E-state index in [0.717, 1.165) is 18.4 Å². The van der Waals surface area contributed by atoms with E-state index in [1.165, 1.54) is 28.5 Å². The Morgan fingerprint density at radius 1 is 0.932 bits per heavy atom. The summed E-state index contributed by atoms with van der Waals surface area (Å²) in [6.45, 7) is 3.73. The van der Waals surface area contributed by atoms with Gasteiger partial charge >= 0.3 is 5.97 Å². The van der Waals surface area contributed by atoms with Crippen LogP contribution in [-0.2, 0) is 28.8 Å². The van der Waals surface area contributed by atoms with Gasteiger partial charge in [-0.3, -0.25) is 19.1 Å². The van der Waals surface area contributed by atoms with Gasteiger partial charge in [-0.15, -0.1) is 0 Å². The quantitative estimate of drug-likeness (QED) is 0.243. The average molecular weight is 593 g/mol. The minimum absolute atomic E-state index is 0.0475. The number of nitrogens with two attached hydrogens (primary N) is 1. The van der Waals surface area contributed by atoms with Gasteiger partial charge in [0.2, 0.25) is 18.0 Å². The van der Waals surface area contributed by atoms with E-state index in [-0.39, 0.29) is 35.4 Å². The highest BCUT2D eigenvalue weighted by molar-refractivity contribution is 5.96. The van der Waals surface area contributed by atoms with E-state index in [4.69, 9.17) is 15.2 Å². The van der Waals surface area contributed by atoms with Gasteiger partial charge in [0.05, 0.1) is 12.2 Å². The van der Waals surface area contributed by atoms with Crippen LogP contribution in [0.5, 0.6) is 5.75 Å². The molecule has 0 radical (unpaired) electrons. The number of benzene rings is 3. The normalized spacial score (nSPS) is 16.9. The molecule has 9 heteroatoms. The second-order valence-corrected chi connectivity index (χ2v) is 11.6. The molecule has 0 spiro atoms. The molecule has 2 atom stereocenters. The number of carbonyl (C=O) groups excluding carboxylic acids is 2. The van der Waals surface area contributed by atoms with Crippen molar-refractivity contribution >= 4 is 11.9 Å². The van der Waals surface area contributed by atoms with Crippen LogP contribution in [0.1, 0.15) is 64.1 Å². The summed E-state index contributed by atoms with van der Waals surface area (Å²) in [5, 5.41) is 4.52. The number of esters is 1. The first-order chi connectivity index (χ1) is 21.3. The van der Waals surface area contributed by atoms with Crippen molar-refractivity contribution in [1.82, 2.24) is 14.7 Å². The van der Waals surface area contributed by atoms with Crippen LogP contribution in [0.3, 0.4) is 0 Å². The minimum Gasteiger partial charge on any atom is -0.451 e. The number of nitrogens with zero attached hydrogens (tertiary/aromatic N) is 3. The maximum Gasteiger partial charge on any atom is 0.326 e. The largest absolute Gasteiger partial charge is 0.451 e. The average Bonchev–Trinajstić information content (AvgIpc) is 3.19. The second-order valence-electron chi connectivity index (χ2n) is 11.6. The number of amides is 1. The highest BCUT2D eigenvalue weighted by atomic mass is 16.7. The molecule has 44 heavy (non-hydrogen) atoms. The summed E-state index contributed by atoms with van der Waals surface area (Å²) >= 11 is 0. The Morgan fingerprint density at radius 2 is 1.55 bits per heavy atom. The van der Waals surface area contributed by atoms with E-state index in [1.807, 2.05) is 56.3 Å². The van der Waals surface area contributed by atoms with Gasteiger partial charge in [0.15, 0.2) is 5.69 Å². The summed E-state index contributed by atoms with van der Waals surface area (Å²) in [5.74, 6) is -1.36. The molecule has 9 nitrogen and oxygen atoms in total. The first-order valence-electron chi connectivity index (χ1n) is 15.0. The fourth-order valence-electron chi connectivity index (χ4n) is 6.41. The molecule has 1 aliphatic carbocycles. The molecule has 6 rings (SSSR count). The number of hydrogen-bond acceptors (Lipinski definition) is 7. The lowest BCUT2D eigenvalue weighted by atomic mass is 9.81. The number of hydrogen-bond donors (Lipinski definition) is 1. The van der Waals surface area contributed by atoms with Crippen LogP contribution in [0.2, 0.25) is 0 Å². The van der Waals surface area contributed by atoms with Crippen LogP contribution >= 0.6 is 0 Å². The SMILES string of the molecule is CC(C)N1CC(C2c3ccccc3CCc3ccccc32)n2ncc(=O)c(OCOC(=O)C(N)Cc3ccccc3)c2C1=O. The molecule has 2 heterocycles. The Labute approximate surface area is 256 Å². The summed E-state index contributed by atoms with van der Waals surface area (Å²) in [6.07, 6.45) is 3.27. The summed E-state index contributed by atoms with van der Waals surface area (Å²) < 4.78 is 12.7. The molecule has 0 bridgehead atoms. The first-order valence-corrected chi connectivity index (χ1v) is 15.0. The Kier molecular flexibility index (Phi) is 8.30. The summed E-state index contributed by atoms with van der Waals surface area (Å²) in [5.41, 5.74) is 11.3. The van der Waals surface area contributed by atoms with Crippen molar-refractivity contribution in [1.29, 1.82) is 0 Å². The molecule has 1 aliphatic heterocycles. The van der Waals surface area contributed by atoms with E-state index in [1.54, 1.807) is 9.58 Å². The lowest BCUT2D eigenvalue weighted by molar-refractivity contribution is -0.151. The van der Waals surface area contributed by atoms with Gasteiger partial charge in [0.1, 0.15) is 6.04 Å². The zero-order chi connectivity index (χ0) is 30.8. The summed E-state index contributed by atoms with van der Waals surface area (Å²) in [6, 6.07) is 24.8. The molecule has 2 unspecified atom stereocenters. The van der Waals surface area contributed by atoms with Crippen LogP contribution in [-0.4, -0.2) is 52.0 Å². The highest BCUT2D eigenvalue weighted by Crippen LogP contribution is 2.44. The molecule has 0 saturated carbocycles. The van der Waals surface area contributed by atoms with Crippen LogP contribution < -0.4 is 15.9 Å². The van der Waals surface area contributed by atoms with Gasteiger partial charge in [-0.25, -0.2) is 0 Å². The smallest absolute Gasteiger partial charge is 0.326 e. The molecular formula is C35H36N4O5. The van der Waals surface area contributed by atoms with Gasteiger partial charge in [0, 0.05) is 18.5 Å². The molecule has 4 aromatic rings. The maximum absolute atomic E-state index is 13.9. The number of carbonyl (C=O) groups is 2. The van der Waals surface area contributed by atoms with E-state index in [2.05, 4.69) is 41.5 Å². The molecule has 1 aromatic heterocycles. The fraction of sp³-hybridized carbons (Fsp3) is 0.314. The van der Waals surface area contributed by atoms with E-state index >= 15 is 0 Å². The lowest BCUT2D eigenvalue weighted by Crippen LogP contribution is -2.50. The number of aryl methyl sites for hydroxylation is 2. The summed E-state index contributed by atoms with van der Waals surface area (Å²) in [4.78, 5) is 41.5. The van der Waals surface area contributed by atoms with Crippen molar-refractivity contribution in [3.8, 4) is 5.75 Å². The van der Waals surface area contributed by atoms with Crippen molar-refractivity contribution in [2.45, 2.75) is 57.2 Å². The van der Waals surface area contributed by atoms with Crippen molar-refractivity contribution in [3.63, 3.8) is 0 Å². The van der Waals surface area contributed by atoms with Crippen LogP contribution in [0.25, 0.3) is 0 Å². The summed E-state index contributed by atoms with van der Waals surface area (Å²) in [7, 11) is 0. The third kappa shape index (κ3) is 5.63. The number of fused-ring (bicyclic) bond motifs is 3. The van der Waals surface area contributed by atoms with Gasteiger partial charge in [0.25, 0.3) is 5.91 Å². The molecule has 2 N–H and O–H groups in total. The van der Waals surface area contributed by atoms with Crippen molar-refractivity contribution < 1.29 is 19.1 Å². The predicted molar refractivity (Wildman–Crippen MR) is 166 cm³/mol. The van der Waals surface area contributed by atoms with Gasteiger partial charge in [-0.05, 0) is 60.9 Å². The maximum atomic E-state index is 13.9. The second kappa shape index (κ2) is 12.5. The van der Waals surface area contributed by atoms with Gasteiger partial charge in [-0.2, -0.15) is 5.10 Å². The standard InChI is InChI=1S/C35H36N4O5/c1-22(2)38-20-29(31-26-14-8-6-12-24(26)16-17-25-13-7-9-15-27(25)31)39-32(34(38)41)33(30(40)19-37-39)43-21-44-35(42)28(36)18-23-10-4-3-5-11-23/h3-15,19,22,28-29,31H,16-18,20-21,36H2,1-2H3. The zero-order valence-electron chi connectivity index (χ0n) is 24.9. The van der Waals surface area contributed by atoms with E-state index < -0.39 is 24.2 Å². The highest BCUT2D eigenvalue weighted by Gasteiger charge is 2.42. The zero-order valence-corrected chi connectivity index (χ0v) is 24.9. The molecule has 0 fully saturated rings.